The van der Waals surface area contributed by atoms with Gasteiger partial charge in [0, 0.05) is 37.0 Å². The molecular weight excluding hydrogens is 236 g/mol. The van der Waals surface area contributed by atoms with Crippen molar-refractivity contribution < 1.29 is 4.74 Å². The average molecular weight is 258 g/mol. The number of nitrogens with zero attached hydrogens (tertiary/aromatic N) is 1. The van der Waals surface area contributed by atoms with Gasteiger partial charge in [-0.25, -0.2) is 0 Å². The van der Waals surface area contributed by atoms with E-state index in [4.69, 9.17) is 4.74 Å². The summed E-state index contributed by atoms with van der Waals surface area (Å²) >= 11 is 0. The van der Waals surface area contributed by atoms with Crippen molar-refractivity contribution in [3.8, 4) is 0 Å². The van der Waals surface area contributed by atoms with Crippen LogP contribution in [0.3, 0.4) is 0 Å². The molecule has 0 bridgehead atoms. The van der Waals surface area contributed by atoms with E-state index in [1.807, 2.05) is 26.4 Å². The van der Waals surface area contributed by atoms with E-state index in [0.29, 0.717) is 6.04 Å². The molecule has 0 fully saturated rings. The maximum absolute atomic E-state index is 5.41. The predicted molar refractivity (Wildman–Crippen MR) is 79.3 cm³/mol. The molecule has 0 radical (unpaired) electrons. The third kappa shape index (κ3) is 3.52. The molecule has 3 heteroatoms. The number of pyridine rings is 1. The standard InChI is InChI=1S/C16H22N2O/c1-3-19-11-5-8-16(17-2)14-7-4-6-13-9-10-18-12-15(13)14/h4,6-7,9-10,12,16-17H,3,5,8,11H2,1-2H3. The van der Waals surface area contributed by atoms with Crippen LogP contribution in [0.25, 0.3) is 10.8 Å². The van der Waals surface area contributed by atoms with Crippen LogP contribution >= 0.6 is 0 Å². The Bertz CT molecular complexity index is 508. The number of ether oxygens (including phenoxy) is 1. The first-order valence-electron chi connectivity index (χ1n) is 6.94. The van der Waals surface area contributed by atoms with E-state index in [1.54, 1.807) is 0 Å². The Labute approximate surface area is 115 Å². The highest BCUT2D eigenvalue weighted by atomic mass is 16.5. The SMILES string of the molecule is CCOCCCC(NC)c1cccc2ccncc12. The summed E-state index contributed by atoms with van der Waals surface area (Å²) in [5, 5.41) is 5.89. The van der Waals surface area contributed by atoms with E-state index in [2.05, 4.69) is 34.6 Å². The first kappa shape index (κ1) is 14.0. The van der Waals surface area contributed by atoms with Gasteiger partial charge in [-0.15, -0.1) is 0 Å². The molecular formula is C16H22N2O. The van der Waals surface area contributed by atoms with Crippen LogP contribution in [0.4, 0.5) is 0 Å². The van der Waals surface area contributed by atoms with E-state index < -0.39 is 0 Å². The number of nitrogens with one attached hydrogen (secondary N) is 1. The molecule has 1 heterocycles. The quantitative estimate of drug-likeness (QED) is 0.774. The maximum Gasteiger partial charge on any atom is 0.0466 e. The molecule has 19 heavy (non-hydrogen) atoms. The van der Waals surface area contributed by atoms with E-state index >= 15 is 0 Å². The Morgan fingerprint density at radius 2 is 2.21 bits per heavy atom. The highest BCUT2D eigenvalue weighted by molar-refractivity contribution is 5.85. The zero-order chi connectivity index (χ0) is 13.5. The molecule has 0 aliphatic rings. The summed E-state index contributed by atoms with van der Waals surface area (Å²) in [4.78, 5) is 4.25. The summed E-state index contributed by atoms with van der Waals surface area (Å²) in [5.41, 5.74) is 1.32. The first-order valence-corrected chi connectivity index (χ1v) is 6.94. The molecule has 0 aliphatic heterocycles. The number of rotatable bonds is 7. The number of fused-ring (bicyclic) bond motifs is 1. The number of benzene rings is 1. The second kappa shape index (κ2) is 7.22. The summed E-state index contributed by atoms with van der Waals surface area (Å²) < 4.78 is 5.41. The van der Waals surface area contributed by atoms with Gasteiger partial charge in [0.2, 0.25) is 0 Å². The van der Waals surface area contributed by atoms with Gasteiger partial charge in [0.25, 0.3) is 0 Å². The maximum atomic E-state index is 5.41. The van der Waals surface area contributed by atoms with Crippen molar-refractivity contribution in [1.82, 2.24) is 10.3 Å². The third-order valence-corrected chi connectivity index (χ3v) is 3.43. The van der Waals surface area contributed by atoms with Crippen molar-refractivity contribution in [2.45, 2.75) is 25.8 Å². The van der Waals surface area contributed by atoms with E-state index in [-0.39, 0.29) is 0 Å². The van der Waals surface area contributed by atoms with Crippen LogP contribution in [0.5, 0.6) is 0 Å². The van der Waals surface area contributed by atoms with Gasteiger partial charge in [0.05, 0.1) is 0 Å². The molecule has 0 saturated heterocycles. The Balaban J connectivity index is 2.16. The molecule has 0 saturated carbocycles. The number of aromatic nitrogens is 1. The minimum atomic E-state index is 0.355. The van der Waals surface area contributed by atoms with Crippen molar-refractivity contribution >= 4 is 10.8 Å². The van der Waals surface area contributed by atoms with Crippen LogP contribution < -0.4 is 5.32 Å². The highest BCUT2D eigenvalue weighted by Gasteiger charge is 2.12. The second-order valence-electron chi connectivity index (χ2n) is 4.62. The lowest BCUT2D eigenvalue weighted by atomic mass is 9.97. The fourth-order valence-electron chi connectivity index (χ4n) is 2.43. The average Bonchev–Trinajstić information content (AvgIpc) is 2.47. The molecule has 0 aliphatic carbocycles. The Kier molecular flexibility index (Phi) is 5.31. The van der Waals surface area contributed by atoms with E-state index in [1.165, 1.54) is 16.3 Å². The van der Waals surface area contributed by atoms with Crippen molar-refractivity contribution in [2.75, 3.05) is 20.3 Å². The van der Waals surface area contributed by atoms with Gasteiger partial charge in [-0.3, -0.25) is 4.98 Å². The molecule has 2 aromatic rings. The summed E-state index contributed by atoms with van der Waals surface area (Å²) in [7, 11) is 2.01. The predicted octanol–water partition coefficient (Wildman–Crippen LogP) is 3.31. The monoisotopic (exact) mass is 258 g/mol. The third-order valence-electron chi connectivity index (χ3n) is 3.43. The summed E-state index contributed by atoms with van der Waals surface area (Å²) in [6, 6.07) is 8.85. The van der Waals surface area contributed by atoms with Gasteiger partial charge < -0.3 is 10.1 Å². The van der Waals surface area contributed by atoms with E-state index in [0.717, 1.165) is 26.1 Å². The molecule has 102 valence electrons. The van der Waals surface area contributed by atoms with Crippen molar-refractivity contribution in [3.05, 3.63) is 42.2 Å². The molecule has 3 nitrogen and oxygen atoms in total. The fourth-order valence-corrected chi connectivity index (χ4v) is 2.43. The van der Waals surface area contributed by atoms with Crippen LogP contribution in [0.1, 0.15) is 31.4 Å². The minimum absolute atomic E-state index is 0.355. The molecule has 1 atom stereocenters. The molecule has 0 spiro atoms. The summed E-state index contributed by atoms with van der Waals surface area (Å²) in [5.74, 6) is 0. The number of hydrogen-bond donors (Lipinski definition) is 1. The van der Waals surface area contributed by atoms with Crippen LogP contribution in [0.2, 0.25) is 0 Å². The second-order valence-corrected chi connectivity index (χ2v) is 4.62. The largest absolute Gasteiger partial charge is 0.382 e. The Hall–Kier alpha value is -1.45. The molecule has 2 rings (SSSR count). The number of hydrogen-bond acceptors (Lipinski definition) is 3. The topological polar surface area (TPSA) is 34.1 Å². The normalized spacial score (nSPS) is 12.7. The van der Waals surface area contributed by atoms with Gasteiger partial charge in [0.15, 0.2) is 0 Å². The van der Waals surface area contributed by atoms with Crippen LogP contribution in [-0.4, -0.2) is 25.2 Å². The van der Waals surface area contributed by atoms with Crippen LogP contribution in [-0.2, 0) is 4.74 Å². The van der Waals surface area contributed by atoms with Crippen molar-refractivity contribution in [1.29, 1.82) is 0 Å². The lowest BCUT2D eigenvalue weighted by Gasteiger charge is -2.18. The van der Waals surface area contributed by atoms with Crippen LogP contribution in [0, 0.1) is 0 Å². The van der Waals surface area contributed by atoms with Gasteiger partial charge in [0.1, 0.15) is 0 Å². The molecule has 1 aromatic carbocycles. The summed E-state index contributed by atoms with van der Waals surface area (Å²) in [6.07, 6.45) is 5.94. The molecule has 1 aromatic heterocycles. The fraction of sp³-hybridized carbons (Fsp3) is 0.438. The molecule has 0 amide bonds. The van der Waals surface area contributed by atoms with Crippen molar-refractivity contribution in [2.24, 2.45) is 0 Å². The Morgan fingerprint density at radius 3 is 3.00 bits per heavy atom. The van der Waals surface area contributed by atoms with Gasteiger partial charge in [-0.1, -0.05) is 18.2 Å². The molecule has 1 unspecified atom stereocenters. The van der Waals surface area contributed by atoms with Gasteiger partial charge >= 0.3 is 0 Å². The minimum Gasteiger partial charge on any atom is -0.382 e. The van der Waals surface area contributed by atoms with Gasteiger partial charge in [-0.05, 0) is 43.8 Å². The smallest absolute Gasteiger partial charge is 0.0466 e. The van der Waals surface area contributed by atoms with Crippen LogP contribution in [0.15, 0.2) is 36.7 Å². The summed E-state index contributed by atoms with van der Waals surface area (Å²) in [6.45, 7) is 3.66. The zero-order valence-corrected chi connectivity index (χ0v) is 11.7. The zero-order valence-electron chi connectivity index (χ0n) is 11.7. The molecule has 1 N–H and O–H groups in total. The Morgan fingerprint density at radius 1 is 1.32 bits per heavy atom. The van der Waals surface area contributed by atoms with E-state index in [9.17, 15) is 0 Å². The van der Waals surface area contributed by atoms with Gasteiger partial charge in [-0.2, -0.15) is 0 Å². The van der Waals surface area contributed by atoms with Crippen molar-refractivity contribution in [3.63, 3.8) is 0 Å². The lowest BCUT2D eigenvalue weighted by molar-refractivity contribution is 0.141. The lowest BCUT2D eigenvalue weighted by Crippen LogP contribution is -2.17. The highest BCUT2D eigenvalue weighted by Crippen LogP contribution is 2.26. The first-order chi connectivity index (χ1) is 9.36.